The second-order valence-corrected chi connectivity index (χ2v) is 16.5. The summed E-state index contributed by atoms with van der Waals surface area (Å²) in [6.07, 6.45) is 4.96. The van der Waals surface area contributed by atoms with E-state index in [9.17, 15) is 52.7 Å². The Kier molecular flexibility index (Phi) is 17.1. The Morgan fingerprint density at radius 3 is 0.986 bits per heavy atom. The molecule has 1 nitrogen and oxygen atoms in total. The molecule has 0 N–H and O–H groups in total. The highest BCUT2D eigenvalue weighted by Gasteiger charge is 2.52. The van der Waals surface area contributed by atoms with Gasteiger partial charge in [0.2, 0.25) is 5.52 Å². The fraction of sp³-hybridized carbons (Fsp3) is 0.220. The summed E-state index contributed by atoms with van der Waals surface area (Å²) in [5.74, 6) is -71.4. The van der Waals surface area contributed by atoms with Crippen LogP contribution in [0.15, 0.2) is 66.7 Å². The summed E-state index contributed by atoms with van der Waals surface area (Å²) in [4.78, 5) is 0. The fourth-order valence-electron chi connectivity index (χ4n) is 8.79. The number of benzene rings is 6. The first kappa shape index (κ1) is 54.7. The van der Waals surface area contributed by atoms with Gasteiger partial charge in [-0.1, -0.05) is 94.3 Å². The van der Waals surface area contributed by atoms with Crippen LogP contribution in [0.1, 0.15) is 69.5 Å². The first-order chi connectivity index (χ1) is 34.1. The molecule has 0 amide bonds. The average molecular weight is 1040 g/mol. The number of hydrogen-bond acceptors (Lipinski definition) is 0. The SMILES string of the molecule is CCCCCCCCCCc1ccc2ccccc2[n+]1Cc1ccccc1.Fc1c(F)c(F)c([B-](c2c(F)c(F)c(F)c(F)c2F)(c2c(F)c(F)c(F)c(F)c2F)c2c(F)c(F)c(F)c(F)c2F)c(F)c1F. The number of halogens is 20. The molecule has 0 spiro atoms. The van der Waals surface area contributed by atoms with Crippen LogP contribution in [0.5, 0.6) is 0 Å². The van der Waals surface area contributed by atoms with Crippen molar-refractivity contribution in [3.63, 3.8) is 0 Å². The first-order valence-electron chi connectivity index (χ1n) is 21.8. The van der Waals surface area contributed by atoms with E-state index in [1.54, 1.807) is 0 Å². The van der Waals surface area contributed by atoms with Crippen LogP contribution < -0.4 is 26.4 Å². The normalized spacial score (nSPS) is 11.7. The lowest BCUT2D eigenvalue weighted by molar-refractivity contribution is -0.670. The monoisotopic (exact) mass is 1040 g/mol. The molecule has 0 unspecified atom stereocenters. The van der Waals surface area contributed by atoms with Gasteiger partial charge >= 0.3 is 0 Å². The van der Waals surface area contributed by atoms with Crippen molar-refractivity contribution in [2.24, 2.45) is 0 Å². The Hall–Kier alpha value is -6.61. The van der Waals surface area contributed by atoms with E-state index in [4.69, 9.17) is 0 Å². The van der Waals surface area contributed by atoms with Gasteiger partial charge < -0.3 is 0 Å². The minimum absolute atomic E-state index is 0.953. The molecule has 6 aromatic carbocycles. The third-order valence-corrected chi connectivity index (χ3v) is 12.2. The second-order valence-electron chi connectivity index (χ2n) is 16.5. The van der Waals surface area contributed by atoms with Gasteiger partial charge in [-0.3, -0.25) is 0 Å². The van der Waals surface area contributed by atoms with Crippen molar-refractivity contribution in [3.8, 4) is 0 Å². The lowest BCUT2D eigenvalue weighted by Crippen LogP contribution is -2.81. The molecule has 1 heterocycles. The Morgan fingerprint density at radius 2 is 0.625 bits per heavy atom. The van der Waals surface area contributed by atoms with Crippen LogP contribution in [0.2, 0.25) is 0 Å². The fourth-order valence-corrected chi connectivity index (χ4v) is 8.79. The lowest BCUT2D eigenvalue weighted by Gasteiger charge is -2.44. The molecule has 0 bridgehead atoms. The molecule has 0 radical (unpaired) electrons. The van der Waals surface area contributed by atoms with Crippen molar-refractivity contribution in [1.82, 2.24) is 0 Å². The van der Waals surface area contributed by atoms with E-state index in [2.05, 4.69) is 78.2 Å². The summed E-state index contributed by atoms with van der Waals surface area (Å²) >= 11 is 0. The predicted octanol–water partition coefficient (Wildman–Crippen LogP) is 12.7. The Morgan fingerprint density at radius 1 is 0.319 bits per heavy atom. The summed E-state index contributed by atoms with van der Waals surface area (Å²) in [7, 11) is 0. The van der Waals surface area contributed by atoms with E-state index in [1.165, 1.54) is 79.9 Å². The van der Waals surface area contributed by atoms with Gasteiger partial charge in [0.25, 0.3) is 0 Å². The Balaban J connectivity index is 0.000000266. The number of unbranched alkanes of at least 4 members (excludes halogenated alkanes) is 7. The summed E-state index contributed by atoms with van der Waals surface area (Å²) in [5.41, 5.74) is -10.2. The van der Waals surface area contributed by atoms with Crippen LogP contribution in [0.4, 0.5) is 87.8 Å². The highest BCUT2D eigenvalue weighted by Crippen LogP contribution is 2.31. The van der Waals surface area contributed by atoms with E-state index in [0.717, 1.165) is 6.54 Å². The number of pyridine rings is 1. The van der Waals surface area contributed by atoms with Crippen LogP contribution in [0.3, 0.4) is 0 Å². The lowest BCUT2D eigenvalue weighted by atomic mass is 9.12. The van der Waals surface area contributed by atoms with Crippen molar-refractivity contribution in [2.45, 2.75) is 71.3 Å². The maximum absolute atomic E-state index is 15.4. The third kappa shape index (κ3) is 9.71. The van der Waals surface area contributed by atoms with E-state index >= 15 is 35.1 Å². The number of fused-ring (bicyclic) bond motifs is 1. The van der Waals surface area contributed by atoms with Crippen molar-refractivity contribution in [1.29, 1.82) is 0 Å². The molecule has 7 rings (SSSR count). The van der Waals surface area contributed by atoms with E-state index < -0.39 is 144 Å². The molecule has 0 aliphatic heterocycles. The summed E-state index contributed by atoms with van der Waals surface area (Å²) in [5, 5.41) is 1.33. The topological polar surface area (TPSA) is 3.88 Å². The standard InChI is InChI=1S/C26H34N.C24BF20/c1-2-3-4-5-6-7-8-12-18-25-21-20-24-17-13-14-19-26(24)27(25)22-23-15-10-9-11-16-23;26-5-1(6(27)14(35)21(42)13(5)34)25(2-7(28)15(36)22(43)16(37)8(2)29,3-9(30)17(38)23(44)18(39)10(3)31)4-11(32)19(40)24(45)20(41)12(4)33/h9-11,13-17,19-21H,2-8,12,18,22H2,1H3;/q+1;-1. The zero-order chi connectivity index (χ0) is 53.1. The number of para-hydroxylation sites is 1. The van der Waals surface area contributed by atoms with Crippen molar-refractivity contribution >= 4 is 38.9 Å². The predicted molar refractivity (Wildman–Crippen MR) is 225 cm³/mol. The molecule has 0 saturated carbocycles. The first-order valence-corrected chi connectivity index (χ1v) is 21.8. The van der Waals surface area contributed by atoms with Gasteiger partial charge in [-0.25, -0.2) is 87.8 Å². The zero-order valence-corrected chi connectivity index (χ0v) is 37.0. The molecule has 22 heteroatoms. The van der Waals surface area contributed by atoms with Gasteiger partial charge in [0.1, 0.15) is 52.7 Å². The largest absolute Gasteiger partial charge is 0.212 e. The van der Waals surface area contributed by atoms with Crippen molar-refractivity contribution in [2.75, 3.05) is 0 Å². The molecule has 7 aromatic rings. The Labute approximate surface area is 396 Å². The maximum Gasteiger partial charge on any atom is 0.212 e. The Bertz CT molecular complexity index is 2780. The maximum atomic E-state index is 15.4. The highest BCUT2D eigenvalue weighted by molar-refractivity contribution is 7.20. The molecule has 0 saturated heterocycles. The van der Waals surface area contributed by atoms with Crippen LogP contribution >= 0.6 is 0 Å². The smallest absolute Gasteiger partial charge is 0.207 e. The highest BCUT2D eigenvalue weighted by atomic mass is 19.2. The van der Waals surface area contributed by atoms with Crippen LogP contribution in [0.25, 0.3) is 10.9 Å². The molecule has 382 valence electrons. The molecule has 0 aliphatic rings. The summed E-state index contributed by atoms with van der Waals surface area (Å²) < 4.78 is 296. The van der Waals surface area contributed by atoms with Gasteiger partial charge in [0.05, 0.1) is 0 Å². The van der Waals surface area contributed by atoms with E-state index in [1.807, 2.05) is 0 Å². The van der Waals surface area contributed by atoms with E-state index in [0.29, 0.717) is 0 Å². The number of hydrogen-bond donors (Lipinski definition) is 0. The molecular weight excluding hydrogens is 1010 g/mol. The molecule has 0 atom stereocenters. The summed E-state index contributed by atoms with van der Waals surface area (Å²) in [6, 6.07) is 24.2. The third-order valence-electron chi connectivity index (χ3n) is 12.2. The molecule has 0 aliphatic carbocycles. The molecular formula is C50H34BF20N. The minimum atomic E-state index is -7.22. The van der Waals surface area contributed by atoms with Gasteiger partial charge in [-0.2, -0.15) is 4.57 Å². The zero-order valence-electron chi connectivity index (χ0n) is 37.0. The number of rotatable bonds is 15. The van der Waals surface area contributed by atoms with Crippen LogP contribution in [-0.2, 0) is 13.0 Å². The quantitative estimate of drug-likeness (QED) is 0.0241. The van der Waals surface area contributed by atoms with Crippen LogP contribution in [-0.4, -0.2) is 6.15 Å². The number of aryl methyl sites for hydroxylation is 1. The van der Waals surface area contributed by atoms with Crippen molar-refractivity contribution in [3.05, 3.63) is 194 Å². The molecule has 1 aromatic heterocycles. The van der Waals surface area contributed by atoms with Crippen LogP contribution in [0, 0.1) is 116 Å². The van der Waals surface area contributed by atoms with Gasteiger partial charge in [0, 0.05) is 29.5 Å². The number of nitrogens with zero attached hydrogens (tertiary/aromatic N) is 1. The van der Waals surface area contributed by atoms with Crippen molar-refractivity contribution < 1.29 is 92.4 Å². The minimum Gasteiger partial charge on any atom is -0.207 e. The van der Waals surface area contributed by atoms with E-state index in [-0.39, 0.29) is 0 Å². The number of aromatic nitrogens is 1. The van der Waals surface area contributed by atoms with Gasteiger partial charge in [-0.15, -0.1) is 21.9 Å². The average Bonchev–Trinajstić information content (AvgIpc) is 3.38. The second kappa shape index (κ2) is 22.4. The summed E-state index contributed by atoms with van der Waals surface area (Å²) in [6.45, 7) is 3.24. The molecule has 72 heavy (non-hydrogen) atoms. The van der Waals surface area contributed by atoms with Gasteiger partial charge in [-0.05, 0) is 18.6 Å². The molecule has 0 fully saturated rings. The van der Waals surface area contributed by atoms with Gasteiger partial charge in [0.15, 0.2) is 82.0 Å².